The van der Waals surface area contributed by atoms with E-state index < -0.39 is 17.9 Å². The third kappa shape index (κ3) is 5.81. The van der Waals surface area contributed by atoms with Crippen LogP contribution in [0.5, 0.6) is 0 Å². The summed E-state index contributed by atoms with van der Waals surface area (Å²) in [7, 11) is 0. The molecule has 0 fully saturated rings. The average molecular weight is 322 g/mol. The molecule has 110 valence electrons. The Morgan fingerprint density at radius 1 is 0.955 bits per heavy atom. The van der Waals surface area contributed by atoms with E-state index in [2.05, 4.69) is 6.08 Å². The first-order valence-corrected chi connectivity index (χ1v) is 7.46. The van der Waals surface area contributed by atoms with E-state index in [1.54, 1.807) is 0 Å². The fourth-order valence-corrected chi connectivity index (χ4v) is 3.26. The molecule has 0 N–H and O–H groups in total. The molecule has 2 aliphatic carbocycles. The van der Waals surface area contributed by atoms with Gasteiger partial charge in [-0.05, 0) is 61.7 Å². The normalized spacial score (nSPS) is 22.4. The van der Waals surface area contributed by atoms with Crippen molar-refractivity contribution in [2.24, 2.45) is 5.92 Å². The number of carboxylic acids is 2. The summed E-state index contributed by atoms with van der Waals surface area (Å²) < 4.78 is 0. The van der Waals surface area contributed by atoms with E-state index in [1.165, 1.54) is 0 Å². The van der Waals surface area contributed by atoms with E-state index in [4.69, 9.17) is 0 Å². The fourth-order valence-electron chi connectivity index (χ4n) is 3.26. The van der Waals surface area contributed by atoms with Crippen LogP contribution in [-0.4, -0.2) is 11.9 Å². The van der Waals surface area contributed by atoms with Gasteiger partial charge in [0.15, 0.2) is 0 Å². The van der Waals surface area contributed by atoms with Crippen molar-refractivity contribution in [1.82, 2.24) is 0 Å². The first-order valence-electron chi connectivity index (χ1n) is 7.46. The van der Waals surface area contributed by atoms with E-state index in [1.807, 2.05) is 0 Å². The second-order valence-electron chi connectivity index (χ2n) is 5.63. The van der Waals surface area contributed by atoms with Gasteiger partial charge in [0.25, 0.3) is 0 Å². The van der Waals surface area contributed by atoms with Crippen molar-refractivity contribution in [2.45, 2.75) is 57.8 Å². The van der Waals surface area contributed by atoms with E-state index in [-0.39, 0.29) is 64.7 Å². The summed E-state index contributed by atoms with van der Waals surface area (Å²) in [6.45, 7) is 0. The third-order valence-electron chi connectivity index (χ3n) is 4.28. The van der Waals surface area contributed by atoms with Gasteiger partial charge >= 0.3 is 59.1 Å². The summed E-state index contributed by atoms with van der Waals surface area (Å²) in [6.07, 6.45) is 9.66. The van der Waals surface area contributed by atoms with Gasteiger partial charge in [-0.25, -0.2) is 0 Å². The Kier molecular flexibility index (Phi) is 11.3. The molecular weight excluding hydrogens is 302 g/mol. The first-order chi connectivity index (χ1) is 9.61. The SMILES string of the molecule is O=C([O-])C1=C(C2=CCCCCC2)CCCCC1C(=O)[O-].[Na+].[Na+]. The van der Waals surface area contributed by atoms with Gasteiger partial charge in [0.05, 0.1) is 5.97 Å². The predicted octanol–water partition coefficient (Wildman–Crippen LogP) is -5.13. The molecule has 0 aromatic carbocycles. The molecule has 0 amide bonds. The number of allylic oxidation sites excluding steroid dienone is 3. The van der Waals surface area contributed by atoms with Gasteiger partial charge in [0.1, 0.15) is 0 Å². The molecule has 0 saturated carbocycles. The fraction of sp³-hybridized carbons (Fsp3) is 0.625. The van der Waals surface area contributed by atoms with Crippen molar-refractivity contribution < 1.29 is 78.9 Å². The summed E-state index contributed by atoms with van der Waals surface area (Å²) >= 11 is 0. The van der Waals surface area contributed by atoms with Crippen LogP contribution in [0.15, 0.2) is 22.8 Å². The zero-order valence-electron chi connectivity index (χ0n) is 13.7. The summed E-state index contributed by atoms with van der Waals surface area (Å²) in [4.78, 5) is 22.7. The molecular formula is C16H20Na2O4. The largest absolute Gasteiger partial charge is 1.00 e. The number of hydrogen-bond donors (Lipinski definition) is 0. The first kappa shape index (κ1) is 22.4. The molecule has 22 heavy (non-hydrogen) atoms. The molecule has 2 aliphatic rings. The summed E-state index contributed by atoms with van der Waals surface area (Å²) in [5, 5.41) is 22.7. The maximum Gasteiger partial charge on any atom is 1.00 e. The Morgan fingerprint density at radius 2 is 1.64 bits per heavy atom. The van der Waals surface area contributed by atoms with Gasteiger partial charge in [-0.15, -0.1) is 0 Å². The van der Waals surface area contributed by atoms with E-state index >= 15 is 0 Å². The molecule has 0 aromatic heterocycles. The standard InChI is InChI=1S/C16H22O4.2Na/c17-15(18)13-10-6-5-9-12(14(13)16(19)20)11-7-3-1-2-4-8-11;;/h7,13H,1-6,8-10H2,(H,17,18)(H,19,20);;/q;2*+1/p-2. The summed E-state index contributed by atoms with van der Waals surface area (Å²) in [5.41, 5.74) is 1.70. The minimum atomic E-state index is -1.35. The Bertz CT molecular complexity index is 469. The van der Waals surface area contributed by atoms with Crippen molar-refractivity contribution in [3.8, 4) is 0 Å². The Labute approximate surface area is 176 Å². The van der Waals surface area contributed by atoms with E-state index in [9.17, 15) is 19.8 Å². The number of aliphatic carboxylic acids is 2. The second kappa shape index (κ2) is 11.1. The topological polar surface area (TPSA) is 80.3 Å². The second-order valence-corrected chi connectivity index (χ2v) is 5.63. The minimum Gasteiger partial charge on any atom is -0.549 e. The number of rotatable bonds is 3. The molecule has 0 bridgehead atoms. The van der Waals surface area contributed by atoms with Crippen molar-refractivity contribution in [2.75, 3.05) is 0 Å². The number of carbonyl (C=O) groups is 2. The van der Waals surface area contributed by atoms with Crippen LogP contribution in [-0.2, 0) is 9.59 Å². The maximum atomic E-state index is 11.5. The zero-order chi connectivity index (χ0) is 14.5. The molecule has 2 rings (SSSR count). The molecule has 4 nitrogen and oxygen atoms in total. The average Bonchev–Trinajstić information content (AvgIpc) is 2.78. The van der Waals surface area contributed by atoms with Crippen molar-refractivity contribution >= 4 is 11.9 Å². The van der Waals surface area contributed by atoms with Gasteiger partial charge in [-0.2, -0.15) is 0 Å². The van der Waals surface area contributed by atoms with Crippen LogP contribution in [0.3, 0.4) is 0 Å². The van der Waals surface area contributed by atoms with Crippen LogP contribution in [0, 0.1) is 5.92 Å². The van der Waals surface area contributed by atoms with Crippen LogP contribution in [0.4, 0.5) is 0 Å². The molecule has 0 radical (unpaired) electrons. The molecule has 1 atom stereocenters. The van der Waals surface area contributed by atoms with Crippen molar-refractivity contribution in [3.05, 3.63) is 22.8 Å². The maximum absolute atomic E-state index is 11.5. The Hall–Kier alpha value is 0.420. The van der Waals surface area contributed by atoms with E-state index in [0.717, 1.165) is 44.1 Å². The molecule has 1 unspecified atom stereocenters. The number of hydrogen-bond acceptors (Lipinski definition) is 4. The molecule has 0 aliphatic heterocycles. The number of carbonyl (C=O) groups excluding carboxylic acids is 2. The minimum absolute atomic E-state index is 0. The predicted molar refractivity (Wildman–Crippen MR) is 70.2 cm³/mol. The molecule has 0 saturated heterocycles. The van der Waals surface area contributed by atoms with Gasteiger partial charge in [0.2, 0.25) is 0 Å². The van der Waals surface area contributed by atoms with Crippen LogP contribution in [0.25, 0.3) is 0 Å². The van der Waals surface area contributed by atoms with Crippen LogP contribution in [0.1, 0.15) is 57.8 Å². The molecule has 0 heterocycles. The van der Waals surface area contributed by atoms with Crippen LogP contribution >= 0.6 is 0 Å². The monoisotopic (exact) mass is 322 g/mol. The molecule has 0 spiro atoms. The smallest absolute Gasteiger partial charge is 0.549 e. The van der Waals surface area contributed by atoms with Crippen LogP contribution in [0.2, 0.25) is 0 Å². The summed E-state index contributed by atoms with van der Waals surface area (Å²) in [5.74, 6) is -3.67. The van der Waals surface area contributed by atoms with Gasteiger partial charge in [0, 0.05) is 11.9 Å². The van der Waals surface area contributed by atoms with Crippen molar-refractivity contribution in [3.63, 3.8) is 0 Å². The zero-order valence-corrected chi connectivity index (χ0v) is 17.7. The molecule has 6 heteroatoms. The molecule has 0 aromatic rings. The van der Waals surface area contributed by atoms with Crippen LogP contribution < -0.4 is 69.3 Å². The van der Waals surface area contributed by atoms with Gasteiger partial charge < -0.3 is 19.8 Å². The Balaban J connectivity index is 0.00000220. The van der Waals surface area contributed by atoms with E-state index in [0.29, 0.717) is 24.8 Å². The Morgan fingerprint density at radius 3 is 2.27 bits per heavy atom. The number of carboxylic acid groups (broad SMARTS) is 2. The van der Waals surface area contributed by atoms with Gasteiger partial charge in [-0.1, -0.05) is 18.9 Å². The summed E-state index contributed by atoms with van der Waals surface area (Å²) in [6, 6.07) is 0. The quantitative estimate of drug-likeness (QED) is 0.487. The van der Waals surface area contributed by atoms with Gasteiger partial charge in [-0.3, -0.25) is 0 Å². The third-order valence-corrected chi connectivity index (χ3v) is 4.28. The van der Waals surface area contributed by atoms with Crippen molar-refractivity contribution in [1.29, 1.82) is 0 Å².